The van der Waals surface area contributed by atoms with Crippen molar-refractivity contribution in [3.8, 4) is 0 Å². The van der Waals surface area contributed by atoms with Gasteiger partial charge in [0.25, 0.3) is 0 Å². The molecule has 2 fully saturated rings. The first-order valence-electron chi connectivity index (χ1n) is 8.13. The molecule has 2 aliphatic heterocycles. The van der Waals surface area contributed by atoms with Gasteiger partial charge in [-0.1, -0.05) is 19.1 Å². The number of hydrogen-bond donors (Lipinski definition) is 0. The first kappa shape index (κ1) is 12.7. The minimum atomic E-state index is 0.411. The minimum Gasteiger partial charge on any atom is -0.304 e. The molecule has 20 heavy (non-hydrogen) atoms. The van der Waals surface area contributed by atoms with Gasteiger partial charge in [-0.2, -0.15) is 15.3 Å². The monoisotopic (exact) mass is 276 g/mol. The molecule has 0 unspecified atom stereocenters. The molecule has 0 radical (unpaired) electrons. The molecule has 0 aromatic carbocycles. The number of fused-ring (bicyclic) bond motifs is 8. The van der Waals surface area contributed by atoms with E-state index in [1.807, 2.05) is 0 Å². The smallest absolute Gasteiger partial charge is 0.100 e. The lowest BCUT2D eigenvalue weighted by Crippen LogP contribution is -2.52. The Balaban J connectivity index is 1.35. The first-order chi connectivity index (χ1) is 9.83. The van der Waals surface area contributed by atoms with Gasteiger partial charge in [0.1, 0.15) is 18.1 Å². The highest BCUT2D eigenvalue weighted by molar-refractivity contribution is 5.20. The Morgan fingerprint density at radius 3 is 2.45 bits per heavy atom. The second kappa shape index (κ2) is 4.76. The third kappa shape index (κ3) is 1.66. The van der Waals surface area contributed by atoms with E-state index in [-0.39, 0.29) is 0 Å². The van der Waals surface area contributed by atoms with Crippen molar-refractivity contribution in [1.82, 2.24) is 9.91 Å². The molecule has 0 aromatic heterocycles. The predicted octanol–water partition coefficient (Wildman–Crippen LogP) is 1.99. The van der Waals surface area contributed by atoms with Crippen LogP contribution in [-0.2, 0) is 0 Å². The van der Waals surface area contributed by atoms with Gasteiger partial charge in [0.05, 0.1) is 6.04 Å². The fraction of sp³-hybridized carbons (Fsp3) is 1.00. The highest BCUT2D eigenvalue weighted by Gasteiger charge is 2.65. The molecular formula is C14H24N6. The SMILES string of the molecule is CCN(CC)CCCN1N=N[C@H]2[C@H]3C[C@H]([C@@H]4N=N[C@H]34)[C@H]21. The van der Waals surface area contributed by atoms with Gasteiger partial charge >= 0.3 is 0 Å². The molecular weight excluding hydrogens is 252 g/mol. The quantitative estimate of drug-likeness (QED) is 0.745. The molecule has 4 aliphatic rings. The van der Waals surface area contributed by atoms with Crippen LogP contribution in [0.3, 0.4) is 0 Å². The van der Waals surface area contributed by atoms with Gasteiger partial charge in [-0.25, -0.2) is 0 Å². The van der Waals surface area contributed by atoms with E-state index in [9.17, 15) is 0 Å². The van der Waals surface area contributed by atoms with Crippen LogP contribution in [0.2, 0.25) is 0 Å². The third-order valence-corrected chi connectivity index (χ3v) is 5.73. The van der Waals surface area contributed by atoms with E-state index in [2.05, 4.69) is 44.3 Å². The van der Waals surface area contributed by atoms with Crippen molar-refractivity contribution < 1.29 is 0 Å². The number of azo groups is 1. The average molecular weight is 276 g/mol. The highest BCUT2D eigenvalue weighted by atomic mass is 15.6. The summed E-state index contributed by atoms with van der Waals surface area (Å²) in [5.41, 5.74) is 0. The fourth-order valence-corrected chi connectivity index (χ4v) is 4.61. The normalized spacial score (nSPS) is 43.2. The summed E-state index contributed by atoms with van der Waals surface area (Å²) in [5, 5.41) is 19.9. The summed E-state index contributed by atoms with van der Waals surface area (Å²) in [4.78, 5) is 2.47. The molecule has 2 heterocycles. The van der Waals surface area contributed by atoms with E-state index < -0.39 is 0 Å². The van der Waals surface area contributed by atoms with Crippen molar-refractivity contribution in [2.24, 2.45) is 32.4 Å². The van der Waals surface area contributed by atoms with Gasteiger partial charge in [-0.15, -0.1) is 0 Å². The Kier molecular flexibility index (Phi) is 3.02. The largest absolute Gasteiger partial charge is 0.304 e. The summed E-state index contributed by atoms with van der Waals surface area (Å²) in [7, 11) is 0. The Labute approximate surface area is 120 Å². The van der Waals surface area contributed by atoms with Crippen molar-refractivity contribution in [3.05, 3.63) is 0 Å². The van der Waals surface area contributed by atoms with Crippen LogP contribution in [-0.4, -0.2) is 60.3 Å². The van der Waals surface area contributed by atoms with Crippen LogP contribution in [0.15, 0.2) is 20.6 Å². The van der Waals surface area contributed by atoms with Crippen molar-refractivity contribution in [3.63, 3.8) is 0 Å². The second-order valence-corrected chi connectivity index (χ2v) is 6.51. The lowest BCUT2D eigenvalue weighted by molar-refractivity contribution is 0.124. The maximum atomic E-state index is 4.55. The summed E-state index contributed by atoms with van der Waals surface area (Å²) >= 11 is 0. The van der Waals surface area contributed by atoms with E-state index >= 15 is 0 Å². The zero-order valence-corrected chi connectivity index (χ0v) is 12.4. The van der Waals surface area contributed by atoms with Gasteiger partial charge in [0.15, 0.2) is 0 Å². The molecule has 0 spiro atoms. The molecule has 0 saturated heterocycles. The van der Waals surface area contributed by atoms with E-state index in [4.69, 9.17) is 0 Å². The summed E-state index contributed by atoms with van der Waals surface area (Å²) in [6.07, 6.45) is 2.44. The van der Waals surface area contributed by atoms with Gasteiger partial charge in [-0.3, -0.25) is 5.01 Å². The summed E-state index contributed by atoms with van der Waals surface area (Å²) in [6, 6.07) is 1.91. The van der Waals surface area contributed by atoms with Crippen LogP contribution >= 0.6 is 0 Å². The Bertz CT molecular complexity index is 431. The van der Waals surface area contributed by atoms with Crippen LogP contribution in [0.1, 0.15) is 26.7 Å². The van der Waals surface area contributed by atoms with Crippen molar-refractivity contribution in [1.29, 1.82) is 0 Å². The second-order valence-electron chi connectivity index (χ2n) is 6.51. The molecule has 2 saturated carbocycles. The maximum absolute atomic E-state index is 4.55. The van der Waals surface area contributed by atoms with Crippen molar-refractivity contribution in [2.45, 2.75) is 50.9 Å². The summed E-state index contributed by atoms with van der Waals surface area (Å²) in [5.74, 6) is 1.29. The van der Waals surface area contributed by atoms with E-state index in [1.54, 1.807) is 0 Å². The molecule has 0 N–H and O–H groups in total. The molecule has 4 rings (SSSR count). The van der Waals surface area contributed by atoms with Crippen LogP contribution in [0.5, 0.6) is 0 Å². The molecule has 2 aliphatic carbocycles. The lowest BCUT2D eigenvalue weighted by Gasteiger charge is -2.38. The van der Waals surface area contributed by atoms with E-state index in [1.165, 1.54) is 12.8 Å². The first-order valence-corrected chi connectivity index (χ1v) is 8.13. The van der Waals surface area contributed by atoms with E-state index in [0.717, 1.165) is 26.2 Å². The number of nitrogens with zero attached hydrogens (tertiary/aromatic N) is 6. The molecule has 2 bridgehead atoms. The average Bonchev–Trinajstić information content (AvgIpc) is 3.03. The highest BCUT2D eigenvalue weighted by Crippen LogP contribution is 2.55. The van der Waals surface area contributed by atoms with Crippen LogP contribution in [0.4, 0.5) is 0 Å². The molecule has 6 atom stereocenters. The Morgan fingerprint density at radius 2 is 1.75 bits per heavy atom. The molecule has 0 amide bonds. The van der Waals surface area contributed by atoms with Crippen LogP contribution < -0.4 is 0 Å². The molecule has 110 valence electrons. The lowest BCUT2D eigenvalue weighted by atomic mass is 9.82. The molecule has 6 heteroatoms. The third-order valence-electron chi connectivity index (χ3n) is 5.73. The number of rotatable bonds is 6. The topological polar surface area (TPSA) is 55.9 Å². The maximum Gasteiger partial charge on any atom is 0.100 e. The zero-order valence-electron chi connectivity index (χ0n) is 12.4. The standard InChI is InChI=1S/C14H24N6/c1-3-19(4-2)6-5-7-20-14-10-8-9(13(14)17-18-20)11-12(10)16-15-11/h9-14H,3-8H2,1-2H3/t9-,10+,11+,12-,13-,14+/m0/s1. The predicted molar refractivity (Wildman–Crippen MR) is 75.6 cm³/mol. The minimum absolute atomic E-state index is 0.411. The Morgan fingerprint density at radius 1 is 1.00 bits per heavy atom. The van der Waals surface area contributed by atoms with Crippen molar-refractivity contribution >= 4 is 0 Å². The molecule has 0 aromatic rings. The zero-order chi connectivity index (χ0) is 13.7. The van der Waals surface area contributed by atoms with Gasteiger partial charge in [-0.05, 0) is 32.5 Å². The van der Waals surface area contributed by atoms with Crippen LogP contribution in [0.25, 0.3) is 0 Å². The summed E-state index contributed by atoms with van der Waals surface area (Å²) in [6.45, 7) is 8.94. The fourth-order valence-electron chi connectivity index (χ4n) is 4.61. The van der Waals surface area contributed by atoms with Gasteiger partial charge in [0.2, 0.25) is 0 Å². The van der Waals surface area contributed by atoms with Crippen LogP contribution in [0, 0.1) is 11.8 Å². The van der Waals surface area contributed by atoms with Gasteiger partial charge in [0, 0.05) is 18.4 Å². The number of hydrogen-bond acceptors (Lipinski definition) is 6. The summed E-state index contributed by atoms with van der Waals surface area (Å²) < 4.78 is 0. The van der Waals surface area contributed by atoms with E-state index in [0.29, 0.717) is 36.0 Å². The molecule has 6 nitrogen and oxygen atoms in total. The van der Waals surface area contributed by atoms with Gasteiger partial charge < -0.3 is 4.90 Å². The van der Waals surface area contributed by atoms with Crippen molar-refractivity contribution in [2.75, 3.05) is 26.2 Å². The Hall–Kier alpha value is -1.04.